The van der Waals surface area contributed by atoms with Crippen molar-refractivity contribution >= 4 is 22.6 Å². The van der Waals surface area contributed by atoms with Crippen LogP contribution in [0.4, 0.5) is 5.82 Å². The van der Waals surface area contributed by atoms with Crippen molar-refractivity contribution < 1.29 is 15.0 Å². The van der Waals surface area contributed by atoms with Gasteiger partial charge >= 0.3 is 5.97 Å². The lowest BCUT2D eigenvalue weighted by Gasteiger charge is -2.18. The highest BCUT2D eigenvalue weighted by atomic mass is 16.4. The van der Waals surface area contributed by atoms with E-state index in [1.807, 2.05) is 25.1 Å². The summed E-state index contributed by atoms with van der Waals surface area (Å²) in [6.07, 6.45) is 2.86. The van der Waals surface area contributed by atoms with Crippen LogP contribution in [0, 0.1) is 0 Å². The maximum atomic E-state index is 11.2. The number of nitrogens with zero attached hydrogens (tertiary/aromatic N) is 1. The predicted octanol–water partition coefficient (Wildman–Crippen LogP) is 2.51. The predicted molar refractivity (Wildman–Crippen MR) is 78.1 cm³/mol. The van der Waals surface area contributed by atoms with E-state index in [1.165, 1.54) is 6.20 Å². The largest absolute Gasteiger partial charge is 0.478 e. The van der Waals surface area contributed by atoms with Crippen LogP contribution < -0.4 is 5.32 Å². The molecule has 1 unspecified atom stereocenters. The Balaban J connectivity index is 2.45. The van der Waals surface area contributed by atoms with E-state index in [0.29, 0.717) is 17.6 Å². The van der Waals surface area contributed by atoms with Gasteiger partial charge in [-0.15, -0.1) is 0 Å². The van der Waals surface area contributed by atoms with Crippen molar-refractivity contribution in [3.05, 3.63) is 36.0 Å². The van der Waals surface area contributed by atoms with Gasteiger partial charge in [0.25, 0.3) is 0 Å². The number of pyridine rings is 1. The van der Waals surface area contributed by atoms with E-state index in [0.717, 1.165) is 11.8 Å². The highest BCUT2D eigenvalue weighted by Crippen LogP contribution is 2.25. The summed E-state index contributed by atoms with van der Waals surface area (Å²) in [4.78, 5) is 15.4. The summed E-state index contributed by atoms with van der Waals surface area (Å²) in [5.74, 6) is -0.325. The number of carboxylic acid groups (broad SMARTS) is 1. The molecule has 1 aromatic carbocycles. The fraction of sp³-hybridized carbons (Fsp3) is 0.333. The Labute approximate surface area is 117 Å². The number of carbonyl (C=O) groups is 1. The first kappa shape index (κ1) is 14.3. The Morgan fingerprint density at radius 2 is 2.05 bits per heavy atom. The molecule has 5 nitrogen and oxygen atoms in total. The number of anilines is 1. The Morgan fingerprint density at radius 1 is 1.35 bits per heavy atom. The summed E-state index contributed by atoms with van der Waals surface area (Å²) in [6.45, 7) is 2.14. The molecule has 0 fully saturated rings. The van der Waals surface area contributed by atoms with Gasteiger partial charge in [0.15, 0.2) is 0 Å². The molecule has 1 atom stereocenters. The summed E-state index contributed by atoms with van der Waals surface area (Å²) >= 11 is 0. The van der Waals surface area contributed by atoms with Crippen LogP contribution in [0.2, 0.25) is 0 Å². The quantitative estimate of drug-likeness (QED) is 0.754. The number of hydrogen-bond acceptors (Lipinski definition) is 4. The van der Waals surface area contributed by atoms with E-state index >= 15 is 0 Å². The van der Waals surface area contributed by atoms with Gasteiger partial charge in [0.05, 0.1) is 5.56 Å². The fourth-order valence-corrected chi connectivity index (χ4v) is 2.21. The van der Waals surface area contributed by atoms with Gasteiger partial charge < -0.3 is 15.5 Å². The van der Waals surface area contributed by atoms with Crippen LogP contribution in [0.15, 0.2) is 30.5 Å². The second-order valence-corrected chi connectivity index (χ2v) is 4.63. The minimum atomic E-state index is -0.984. The van der Waals surface area contributed by atoms with Gasteiger partial charge in [0.1, 0.15) is 5.82 Å². The smallest absolute Gasteiger partial charge is 0.337 e. The molecule has 0 spiro atoms. The van der Waals surface area contributed by atoms with E-state index in [9.17, 15) is 9.90 Å². The number of hydrogen-bond donors (Lipinski definition) is 3. The Hall–Kier alpha value is -2.14. The van der Waals surface area contributed by atoms with Crippen LogP contribution in [-0.2, 0) is 0 Å². The normalized spacial score (nSPS) is 12.3. The molecule has 3 N–H and O–H groups in total. The number of nitrogens with one attached hydrogen (secondary N) is 1. The first-order valence-corrected chi connectivity index (χ1v) is 6.65. The number of aromatic carboxylic acids is 1. The molecule has 20 heavy (non-hydrogen) atoms. The summed E-state index contributed by atoms with van der Waals surface area (Å²) in [5, 5.41) is 22.9. The molecule has 2 aromatic rings. The molecule has 1 heterocycles. The second kappa shape index (κ2) is 6.34. The average Bonchev–Trinajstić information content (AvgIpc) is 2.46. The fourth-order valence-electron chi connectivity index (χ4n) is 2.21. The lowest BCUT2D eigenvalue weighted by atomic mass is 10.1. The Kier molecular flexibility index (Phi) is 4.53. The minimum Gasteiger partial charge on any atom is -0.478 e. The molecule has 1 aromatic heterocycles. The number of rotatable bonds is 6. The third-order valence-corrected chi connectivity index (χ3v) is 3.34. The maximum Gasteiger partial charge on any atom is 0.337 e. The van der Waals surface area contributed by atoms with Gasteiger partial charge in [0, 0.05) is 29.6 Å². The van der Waals surface area contributed by atoms with Crippen molar-refractivity contribution in [2.75, 3.05) is 11.9 Å². The van der Waals surface area contributed by atoms with Crippen LogP contribution in [0.1, 0.15) is 30.1 Å². The minimum absolute atomic E-state index is 0.108. The molecule has 0 saturated heterocycles. The Morgan fingerprint density at radius 3 is 2.65 bits per heavy atom. The zero-order chi connectivity index (χ0) is 14.5. The third-order valence-electron chi connectivity index (χ3n) is 3.34. The molecular weight excluding hydrogens is 256 g/mol. The molecule has 0 aliphatic rings. The third kappa shape index (κ3) is 2.88. The van der Waals surface area contributed by atoms with Gasteiger partial charge in [-0.2, -0.15) is 0 Å². The second-order valence-electron chi connectivity index (χ2n) is 4.63. The lowest BCUT2D eigenvalue weighted by molar-refractivity contribution is 0.0698. The van der Waals surface area contributed by atoms with Crippen molar-refractivity contribution in [2.24, 2.45) is 0 Å². The zero-order valence-corrected chi connectivity index (χ0v) is 11.3. The zero-order valence-electron chi connectivity index (χ0n) is 11.3. The van der Waals surface area contributed by atoms with E-state index < -0.39 is 5.97 Å². The van der Waals surface area contributed by atoms with E-state index in [4.69, 9.17) is 5.11 Å². The van der Waals surface area contributed by atoms with Crippen LogP contribution in [0.3, 0.4) is 0 Å². The molecule has 2 rings (SSSR count). The van der Waals surface area contributed by atoms with Crippen LogP contribution in [-0.4, -0.2) is 33.8 Å². The van der Waals surface area contributed by atoms with Gasteiger partial charge in [-0.25, -0.2) is 9.78 Å². The summed E-state index contributed by atoms with van der Waals surface area (Å²) < 4.78 is 0. The number of benzene rings is 1. The standard InChI is InChI=1S/C15H18N2O3/c1-2-10(7-8-18)17-14-12-6-4-3-5-11(12)13(9-16-14)15(19)20/h3-6,9-10,18H,2,7-8H2,1H3,(H,16,17)(H,19,20). The topological polar surface area (TPSA) is 82.5 Å². The Bertz CT molecular complexity index is 613. The number of aromatic nitrogens is 1. The van der Waals surface area contributed by atoms with Crippen molar-refractivity contribution in [3.8, 4) is 0 Å². The molecule has 0 aliphatic carbocycles. The molecule has 0 aliphatic heterocycles. The van der Waals surface area contributed by atoms with E-state index in [1.54, 1.807) is 6.07 Å². The van der Waals surface area contributed by atoms with Crippen molar-refractivity contribution in [1.82, 2.24) is 4.98 Å². The monoisotopic (exact) mass is 274 g/mol. The number of aliphatic hydroxyl groups excluding tert-OH is 1. The first-order valence-electron chi connectivity index (χ1n) is 6.65. The SMILES string of the molecule is CCC(CCO)Nc1ncc(C(=O)O)c2ccccc12. The van der Waals surface area contributed by atoms with Crippen molar-refractivity contribution in [1.29, 1.82) is 0 Å². The van der Waals surface area contributed by atoms with Crippen LogP contribution in [0.25, 0.3) is 10.8 Å². The highest BCUT2D eigenvalue weighted by Gasteiger charge is 2.14. The molecule has 106 valence electrons. The van der Waals surface area contributed by atoms with Crippen LogP contribution >= 0.6 is 0 Å². The van der Waals surface area contributed by atoms with E-state index in [-0.39, 0.29) is 18.2 Å². The molecule has 0 amide bonds. The van der Waals surface area contributed by atoms with Crippen molar-refractivity contribution in [3.63, 3.8) is 0 Å². The van der Waals surface area contributed by atoms with Gasteiger partial charge in [0.2, 0.25) is 0 Å². The van der Waals surface area contributed by atoms with Gasteiger partial charge in [-0.05, 0) is 12.8 Å². The van der Waals surface area contributed by atoms with E-state index in [2.05, 4.69) is 10.3 Å². The molecule has 0 radical (unpaired) electrons. The number of fused-ring (bicyclic) bond motifs is 1. The highest BCUT2D eigenvalue weighted by molar-refractivity contribution is 6.06. The van der Waals surface area contributed by atoms with Crippen molar-refractivity contribution in [2.45, 2.75) is 25.8 Å². The first-order chi connectivity index (χ1) is 9.67. The van der Waals surface area contributed by atoms with Gasteiger partial charge in [-0.3, -0.25) is 0 Å². The molecular formula is C15H18N2O3. The van der Waals surface area contributed by atoms with Crippen LogP contribution in [0.5, 0.6) is 0 Å². The number of aliphatic hydroxyl groups is 1. The average molecular weight is 274 g/mol. The summed E-state index contributed by atoms with van der Waals surface area (Å²) in [5.41, 5.74) is 0.196. The lowest BCUT2D eigenvalue weighted by Crippen LogP contribution is -2.21. The number of carboxylic acids is 1. The maximum absolute atomic E-state index is 11.2. The molecule has 0 saturated carbocycles. The van der Waals surface area contributed by atoms with Gasteiger partial charge in [-0.1, -0.05) is 31.2 Å². The summed E-state index contributed by atoms with van der Waals surface area (Å²) in [7, 11) is 0. The molecule has 5 heteroatoms. The molecule has 0 bridgehead atoms. The summed E-state index contributed by atoms with van der Waals surface area (Å²) in [6, 6.07) is 7.41.